The minimum atomic E-state index is -1.02. The summed E-state index contributed by atoms with van der Waals surface area (Å²) in [6.45, 7) is 8.71. The summed E-state index contributed by atoms with van der Waals surface area (Å²) in [4.78, 5) is 75.1. The number of rotatable bonds is 13. The molecule has 0 radical (unpaired) electrons. The van der Waals surface area contributed by atoms with E-state index >= 15 is 0 Å². The van der Waals surface area contributed by atoms with Crippen LogP contribution in [0.3, 0.4) is 0 Å². The number of nitrogen functional groups attached to an aromatic ring is 1. The van der Waals surface area contributed by atoms with Crippen molar-refractivity contribution in [3.8, 4) is 5.75 Å². The molecule has 4 N–H and O–H groups in total. The Morgan fingerprint density at radius 2 is 1.68 bits per heavy atom. The molecule has 18 heteroatoms. The highest BCUT2D eigenvalue weighted by Gasteiger charge is 2.51. The number of hydrogen-bond donors (Lipinski definition) is 3. The number of nitrogens with zero attached hydrogens (tertiary/aromatic N) is 6. The van der Waals surface area contributed by atoms with E-state index in [1.54, 1.807) is 36.4 Å². The summed E-state index contributed by atoms with van der Waals surface area (Å²) in [6, 6.07) is 10.4. The van der Waals surface area contributed by atoms with Gasteiger partial charge >= 0.3 is 0 Å². The SMILES string of the molecule is CCCC(C(=O)NC=O)N1C(=O)c2ccc(N3CCC(C=O)CC3)cc2C1=O.C[C@@H](Oc1ccc(N)c(C(=N)c2cnc(N3CC4(CN(C)C4)C3)c(F)c2)c1)c1c(Cl)cncc1Cl. The van der Waals surface area contributed by atoms with Crippen LogP contribution < -0.4 is 25.6 Å². The van der Waals surface area contributed by atoms with Gasteiger partial charge in [-0.05, 0) is 75.7 Å². The molecule has 0 aliphatic carbocycles. The van der Waals surface area contributed by atoms with Gasteiger partial charge in [0.1, 0.15) is 24.2 Å². The van der Waals surface area contributed by atoms with Gasteiger partial charge in [0.05, 0.1) is 26.9 Å². The van der Waals surface area contributed by atoms with Crippen LogP contribution >= 0.6 is 23.2 Å². The molecule has 15 nitrogen and oxygen atoms in total. The van der Waals surface area contributed by atoms with Gasteiger partial charge in [0.2, 0.25) is 12.3 Å². The molecule has 4 aromatic rings. The number of carbonyl (C=O) groups excluding carboxylic acids is 5. The fraction of sp³-hybridized carbons (Fsp3) is 0.378. The maximum absolute atomic E-state index is 15.0. The van der Waals surface area contributed by atoms with Crippen LogP contribution in [0.1, 0.15) is 83.0 Å². The average molecular weight is 901 g/mol. The number of aromatic nitrogens is 2. The minimum Gasteiger partial charge on any atom is -0.486 e. The van der Waals surface area contributed by atoms with Crippen molar-refractivity contribution in [2.45, 2.75) is 51.7 Å². The Hall–Kier alpha value is -5.97. The number of nitrogens with one attached hydrogen (secondary N) is 2. The molecule has 2 aromatic carbocycles. The van der Waals surface area contributed by atoms with Gasteiger partial charge in [0.15, 0.2) is 11.6 Å². The fourth-order valence-electron chi connectivity index (χ4n) is 8.89. The minimum absolute atomic E-state index is 0.0548. The second-order valence-electron chi connectivity index (χ2n) is 16.6. The van der Waals surface area contributed by atoms with Gasteiger partial charge in [0, 0.05) is 97.3 Å². The molecule has 4 amide bonds. The average Bonchev–Trinajstić information content (AvgIpc) is 3.49. The molecule has 0 bridgehead atoms. The van der Waals surface area contributed by atoms with Gasteiger partial charge in [-0.25, -0.2) is 9.37 Å². The summed E-state index contributed by atoms with van der Waals surface area (Å²) < 4.78 is 21.0. The Labute approximate surface area is 374 Å². The van der Waals surface area contributed by atoms with Crippen molar-refractivity contribution in [2.24, 2.45) is 11.3 Å². The fourth-order valence-corrected chi connectivity index (χ4v) is 9.56. The van der Waals surface area contributed by atoms with Gasteiger partial charge in [-0.3, -0.25) is 39.8 Å². The van der Waals surface area contributed by atoms with Crippen molar-refractivity contribution in [1.29, 1.82) is 5.41 Å². The second-order valence-corrected chi connectivity index (χ2v) is 17.4. The van der Waals surface area contributed by atoms with Crippen LogP contribution in [-0.2, 0) is 14.4 Å². The number of ether oxygens (including phenoxy) is 1. The Morgan fingerprint density at radius 3 is 2.30 bits per heavy atom. The van der Waals surface area contributed by atoms with E-state index in [-0.39, 0.29) is 41.0 Å². The summed E-state index contributed by atoms with van der Waals surface area (Å²) in [5, 5.41) is 11.5. The zero-order valence-corrected chi connectivity index (χ0v) is 36.6. The zero-order valence-electron chi connectivity index (χ0n) is 35.1. The summed E-state index contributed by atoms with van der Waals surface area (Å²) in [7, 11) is 2.09. The highest BCUT2D eigenvalue weighted by atomic mass is 35.5. The van der Waals surface area contributed by atoms with Crippen LogP contribution in [0.15, 0.2) is 61.1 Å². The van der Waals surface area contributed by atoms with Gasteiger partial charge in [-0.15, -0.1) is 0 Å². The summed E-state index contributed by atoms with van der Waals surface area (Å²) >= 11 is 12.5. The summed E-state index contributed by atoms with van der Waals surface area (Å²) in [5.74, 6) is -1.30. The summed E-state index contributed by atoms with van der Waals surface area (Å²) in [5.41, 5.74) is 9.55. The largest absolute Gasteiger partial charge is 0.486 e. The van der Waals surface area contributed by atoms with Crippen LogP contribution in [0.5, 0.6) is 5.75 Å². The monoisotopic (exact) mass is 899 g/mol. The van der Waals surface area contributed by atoms with Gasteiger partial charge < -0.3 is 30.0 Å². The first-order valence-corrected chi connectivity index (χ1v) is 21.4. The first kappa shape index (κ1) is 45.1. The molecule has 3 fully saturated rings. The highest BCUT2D eigenvalue weighted by Crippen LogP contribution is 2.41. The molecule has 0 saturated carbocycles. The van der Waals surface area contributed by atoms with Crippen molar-refractivity contribution in [1.82, 2.24) is 25.1 Å². The van der Waals surface area contributed by atoms with Crippen molar-refractivity contribution in [2.75, 3.05) is 61.8 Å². The number of fused-ring (bicyclic) bond motifs is 1. The maximum atomic E-state index is 15.0. The number of nitrogens with two attached hydrogens (primary N) is 1. The van der Waals surface area contributed by atoms with Gasteiger partial charge in [-0.2, -0.15) is 0 Å². The molecule has 2 atom stereocenters. The smallest absolute Gasteiger partial charge is 0.262 e. The topological polar surface area (TPSA) is 195 Å². The molecular weight excluding hydrogens is 852 g/mol. The standard InChI is InChI=1S/C25H25Cl2FN6O.C20H23N3O5/c1-14(22-18(26)8-31-9-19(22)27)35-16-3-4-21(29)17(6-16)23(30)15-5-20(28)24(32-7-15)34-12-25(13-34)10-33(2)11-25;1-2-3-17(18(26)21-12-25)23-19(27)15-5-4-14(10-16(15)20(23)28)22-8-6-13(11-24)7-9-22/h3-9,14,30H,10-13,29H2,1-2H3;4-5,10-13,17H,2-3,6-9H2,1H3,(H,21,25,26)/t14-;/m1./s1. The number of anilines is 3. The number of hydrogen-bond acceptors (Lipinski definition) is 13. The predicted molar refractivity (Wildman–Crippen MR) is 237 cm³/mol. The van der Waals surface area contributed by atoms with Crippen molar-refractivity contribution >= 4 is 76.5 Å². The second kappa shape index (κ2) is 18.8. The molecular formula is C45H48Cl2FN9O6. The summed E-state index contributed by atoms with van der Waals surface area (Å²) in [6.07, 6.45) is 7.64. The number of carbonyl (C=O) groups is 5. The molecule has 1 unspecified atom stereocenters. The quantitative estimate of drug-likeness (QED) is 0.0619. The number of halogens is 3. The van der Waals surface area contributed by atoms with Crippen LogP contribution in [0, 0.1) is 22.6 Å². The third kappa shape index (κ3) is 9.24. The van der Waals surface area contributed by atoms with Crippen LogP contribution in [0.25, 0.3) is 0 Å². The molecule has 6 heterocycles. The van der Waals surface area contributed by atoms with Gasteiger partial charge in [0.25, 0.3) is 11.8 Å². The Morgan fingerprint density at radius 1 is 1.00 bits per heavy atom. The molecule has 2 aromatic heterocycles. The van der Waals surface area contributed by atoms with Crippen LogP contribution in [0.2, 0.25) is 10.0 Å². The third-order valence-electron chi connectivity index (χ3n) is 12.0. The first-order chi connectivity index (χ1) is 30.2. The normalized spacial score (nSPS) is 17.8. The molecule has 4 aliphatic rings. The van der Waals surface area contributed by atoms with E-state index in [4.69, 9.17) is 39.1 Å². The number of pyridine rings is 2. The van der Waals surface area contributed by atoms with E-state index in [2.05, 4.69) is 26.8 Å². The lowest BCUT2D eigenvalue weighted by molar-refractivity contribution is -0.128. The van der Waals surface area contributed by atoms with Crippen molar-refractivity contribution in [3.63, 3.8) is 0 Å². The van der Waals surface area contributed by atoms with E-state index in [0.717, 1.165) is 55.9 Å². The maximum Gasteiger partial charge on any atom is 0.262 e. The number of aldehydes is 1. The Kier molecular flexibility index (Phi) is 13.4. The molecule has 1 spiro atoms. The van der Waals surface area contributed by atoms with E-state index in [9.17, 15) is 28.4 Å². The lowest BCUT2D eigenvalue weighted by atomic mass is 9.73. The van der Waals surface area contributed by atoms with E-state index in [1.165, 1.54) is 24.7 Å². The number of benzene rings is 2. The molecule has 330 valence electrons. The Balaban J connectivity index is 0.000000194. The molecule has 4 aliphatic heterocycles. The lowest BCUT2D eigenvalue weighted by Crippen LogP contribution is -2.71. The van der Waals surface area contributed by atoms with Gasteiger partial charge in [-0.1, -0.05) is 36.5 Å². The number of piperidine rings is 1. The lowest BCUT2D eigenvalue weighted by Gasteiger charge is -2.59. The highest BCUT2D eigenvalue weighted by molar-refractivity contribution is 6.35. The number of amides is 4. The Bertz CT molecular complexity index is 2430. The van der Waals surface area contributed by atoms with Crippen LogP contribution in [-0.4, -0.2) is 108 Å². The molecule has 3 saturated heterocycles. The number of likely N-dealkylation sites (tertiary alicyclic amines) is 1. The van der Waals surface area contributed by atoms with Crippen molar-refractivity contribution < 1.29 is 33.1 Å². The first-order valence-electron chi connectivity index (χ1n) is 20.7. The molecule has 63 heavy (non-hydrogen) atoms. The predicted octanol–water partition coefficient (Wildman–Crippen LogP) is 5.95. The van der Waals surface area contributed by atoms with Crippen molar-refractivity contribution in [3.05, 3.63) is 105 Å². The van der Waals surface area contributed by atoms with E-state index in [0.29, 0.717) is 63.5 Å². The molecule has 8 rings (SSSR count). The zero-order chi connectivity index (χ0) is 45.2. The number of imide groups is 2. The third-order valence-corrected chi connectivity index (χ3v) is 12.6. The van der Waals surface area contributed by atoms with E-state index in [1.807, 2.05) is 24.1 Å². The van der Waals surface area contributed by atoms with E-state index < -0.39 is 35.7 Å². The van der Waals surface area contributed by atoms with Crippen LogP contribution in [0.4, 0.5) is 21.6 Å².